The number of aromatic nitrogens is 2. The summed E-state index contributed by atoms with van der Waals surface area (Å²) in [6, 6.07) is 0.0185. The Morgan fingerprint density at radius 3 is 1.24 bits per heavy atom. The second-order valence-corrected chi connectivity index (χ2v) is 6.40. The second kappa shape index (κ2) is 12.1. The highest BCUT2D eigenvalue weighted by Crippen LogP contribution is 1.83. The van der Waals surface area contributed by atoms with Gasteiger partial charge in [0.15, 0.2) is 0 Å². The van der Waals surface area contributed by atoms with E-state index < -0.39 is 0 Å². The van der Waals surface area contributed by atoms with Gasteiger partial charge in [0, 0.05) is 68.8 Å². The van der Waals surface area contributed by atoms with Crippen LogP contribution < -0.4 is 5.69 Å². The van der Waals surface area contributed by atoms with Gasteiger partial charge in [-0.3, -0.25) is 4.79 Å². The van der Waals surface area contributed by atoms with Crippen molar-refractivity contribution in [1.82, 2.24) is 28.7 Å². The highest BCUT2D eigenvalue weighted by molar-refractivity contribution is 5.77. The minimum Gasteiger partial charge on any atom is -0.348 e. The van der Waals surface area contributed by atoms with Crippen LogP contribution in [0.1, 0.15) is 0 Å². The number of likely N-dealkylation sites (N-methyl/N-ethyl adjacent to an activating group) is 2. The number of carbonyl (C=O) groups is 2. The van der Waals surface area contributed by atoms with Gasteiger partial charge in [0.1, 0.15) is 0 Å². The predicted octanol–water partition coefficient (Wildman–Crippen LogP) is -0.410. The van der Waals surface area contributed by atoms with Crippen LogP contribution >= 0.6 is 0 Å². The molecule has 146 valence electrons. The highest BCUT2D eigenvalue weighted by atomic mass is 16.2. The molecule has 1 aromatic rings. The van der Waals surface area contributed by atoms with Crippen molar-refractivity contribution in [2.24, 2.45) is 14.1 Å². The largest absolute Gasteiger partial charge is 0.348 e. The van der Waals surface area contributed by atoms with Crippen LogP contribution in [0.5, 0.6) is 0 Å². The molecule has 0 N–H and O–H groups in total. The van der Waals surface area contributed by atoms with E-state index in [-0.39, 0.29) is 17.6 Å². The minimum atomic E-state index is 0.0185. The number of amides is 3. The lowest BCUT2D eigenvalue weighted by atomic mass is 10.5. The first-order chi connectivity index (χ1) is 11.3. The van der Waals surface area contributed by atoms with Crippen LogP contribution in [0.2, 0.25) is 0 Å². The molecule has 0 saturated carbocycles. The van der Waals surface area contributed by atoms with Crippen LogP contribution in [-0.2, 0) is 18.9 Å². The number of imidazole rings is 1. The zero-order chi connectivity index (χ0) is 20.3. The van der Waals surface area contributed by atoms with Crippen molar-refractivity contribution in [3.05, 3.63) is 22.9 Å². The first-order valence-corrected chi connectivity index (χ1v) is 7.72. The molecule has 1 rings (SSSR count). The van der Waals surface area contributed by atoms with Gasteiger partial charge < -0.3 is 28.7 Å². The fourth-order valence-electron chi connectivity index (χ4n) is 1.39. The van der Waals surface area contributed by atoms with Gasteiger partial charge in [-0.1, -0.05) is 0 Å². The number of nitrogens with zero attached hydrogens (tertiary/aromatic N) is 6. The first-order valence-electron chi connectivity index (χ1n) is 7.72. The molecule has 0 atom stereocenters. The molecule has 0 aliphatic heterocycles. The molecule has 0 unspecified atom stereocenters. The molecular formula is C16H34N6O3. The van der Waals surface area contributed by atoms with E-state index in [4.69, 9.17) is 0 Å². The Hall–Kier alpha value is -2.29. The molecule has 1 aromatic heterocycles. The Bertz CT molecular complexity index is 540. The first kappa shape index (κ1) is 25.0. The van der Waals surface area contributed by atoms with Crippen molar-refractivity contribution in [3.8, 4) is 0 Å². The van der Waals surface area contributed by atoms with Crippen molar-refractivity contribution >= 4 is 11.9 Å². The summed E-state index contributed by atoms with van der Waals surface area (Å²) in [6.45, 7) is 0.493. The molecule has 0 saturated heterocycles. The van der Waals surface area contributed by atoms with E-state index in [1.54, 1.807) is 73.7 Å². The van der Waals surface area contributed by atoms with E-state index in [0.717, 1.165) is 0 Å². The Morgan fingerprint density at radius 2 is 1.16 bits per heavy atom. The molecule has 9 heteroatoms. The zero-order valence-electron chi connectivity index (χ0n) is 17.3. The normalized spacial score (nSPS) is 9.40. The third kappa shape index (κ3) is 11.8. The average Bonchev–Trinajstić information content (AvgIpc) is 2.78. The van der Waals surface area contributed by atoms with Crippen molar-refractivity contribution in [2.45, 2.75) is 0 Å². The molecule has 0 fully saturated rings. The maximum Gasteiger partial charge on any atom is 0.327 e. The van der Waals surface area contributed by atoms with Crippen LogP contribution in [0.25, 0.3) is 0 Å². The molecule has 0 aliphatic carbocycles. The van der Waals surface area contributed by atoms with Crippen LogP contribution in [0.3, 0.4) is 0 Å². The van der Waals surface area contributed by atoms with Gasteiger partial charge in [-0.2, -0.15) is 0 Å². The van der Waals surface area contributed by atoms with E-state index in [9.17, 15) is 14.4 Å². The number of rotatable bonds is 2. The molecule has 0 radical (unpaired) electrons. The van der Waals surface area contributed by atoms with E-state index >= 15 is 0 Å². The topological polar surface area (TPSA) is 74.0 Å². The van der Waals surface area contributed by atoms with Crippen molar-refractivity contribution in [2.75, 3.05) is 62.9 Å². The lowest BCUT2D eigenvalue weighted by Crippen LogP contribution is -2.33. The quantitative estimate of drug-likeness (QED) is 0.720. The van der Waals surface area contributed by atoms with Gasteiger partial charge in [0.05, 0.1) is 6.54 Å². The lowest BCUT2D eigenvalue weighted by Gasteiger charge is -2.16. The monoisotopic (exact) mass is 358 g/mol. The average molecular weight is 358 g/mol. The molecule has 0 spiro atoms. The molecule has 0 bridgehead atoms. The number of carbonyl (C=O) groups excluding carboxylic acids is 2. The van der Waals surface area contributed by atoms with Crippen LogP contribution in [0, 0.1) is 0 Å². The Labute approximate surface area is 151 Å². The summed E-state index contributed by atoms with van der Waals surface area (Å²) in [5, 5.41) is 0. The molecule has 3 amide bonds. The number of aryl methyl sites for hydroxylation is 2. The zero-order valence-corrected chi connectivity index (χ0v) is 17.3. The molecule has 25 heavy (non-hydrogen) atoms. The van der Waals surface area contributed by atoms with Gasteiger partial charge in [0.2, 0.25) is 5.91 Å². The molecule has 1 heterocycles. The van der Waals surface area contributed by atoms with Crippen molar-refractivity contribution in [3.63, 3.8) is 0 Å². The van der Waals surface area contributed by atoms with E-state index in [0.29, 0.717) is 6.54 Å². The minimum absolute atomic E-state index is 0.0185. The van der Waals surface area contributed by atoms with Crippen LogP contribution in [0.4, 0.5) is 4.79 Å². The van der Waals surface area contributed by atoms with Gasteiger partial charge in [-0.15, -0.1) is 0 Å². The lowest BCUT2D eigenvalue weighted by molar-refractivity contribution is -0.129. The fourth-order valence-corrected chi connectivity index (χ4v) is 1.39. The summed E-state index contributed by atoms with van der Waals surface area (Å²) in [7, 11) is 17.6. The third-order valence-electron chi connectivity index (χ3n) is 2.83. The summed E-state index contributed by atoms with van der Waals surface area (Å²) in [4.78, 5) is 38.7. The molecule has 9 nitrogen and oxygen atoms in total. The van der Waals surface area contributed by atoms with Gasteiger partial charge in [0.25, 0.3) is 0 Å². The van der Waals surface area contributed by atoms with Crippen molar-refractivity contribution in [1.29, 1.82) is 0 Å². The smallest absolute Gasteiger partial charge is 0.327 e. The Kier molecular flexibility index (Phi) is 12.1. The van der Waals surface area contributed by atoms with E-state index in [2.05, 4.69) is 0 Å². The molecule has 0 aromatic carbocycles. The third-order valence-corrected chi connectivity index (χ3v) is 2.83. The van der Waals surface area contributed by atoms with Crippen molar-refractivity contribution < 1.29 is 9.59 Å². The number of hydrogen-bond acceptors (Lipinski definition) is 4. The second-order valence-electron chi connectivity index (χ2n) is 6.40. The number of urea groups is 1. The summed E-state index contributed by atoms with van der Waals surface area (Å²) in [6.07, 6.45) is 3.45. The standard InChI is InChI=1S/C6H14N2O.C5H8N2O.C5H12N2O/c1-7(2)5-6(9)8(3)4;1-6-3-4-7(2)5(6)8;1-6(2)5(8)7(3)4/h5H2,1-4H3;3-4H,1-2H3;1-4H3. The maximum absolute atomic E-state index is 10.8. The van der Waals surface area contributed by atoms with E-state index in [1.165, 1.54) is 18.9 Å². The van der Waals surface area contributed by atoms with Gasteiger partial charge in [-0.25, -0.2) is 9.59 Å². The fraction of sp³-hybridized carbons (Fsp3) is 0.688. The molecule has 0 aliphatic rings. The highest BCUT2D eigenvalue weighted by Gasteiger charge is 2.03. The molecular weight excluding hydrogens is 324 g/mol. The maximum atomic E-state index is 10.8. The van der Waals surface area contributed by atoms with Crippen LogP contribution in [-0.4, -0.2) is 104 Å². The summed E-state index contributed by atoms with van der Waals surface area (Å²) in [5.74, 6) is 0.139. The summed E-state index contributed by atoms with van der Waals surface area (Å²) in [5.41, 5.74) is 0.0185. The number of hydrogen-bond donors (Lipinski definition) is 0. The van der Waals surface area contributed by atoms with E-state index in [1.807, 2.05) is 19.0 Å². The van der Waals surface area contributed by atoms with Crippen LogP contribution in [0.15, 0.2) is 17.2 Å². The summed E-state index contributed by atoms with van der Waals surface area (Å²) < 4.78 is 3.06. The van der Waals surface area contributed by atoms with Gasteiger partial charge >= 0.3 is 11.7 Å². The summed E-state index contributed by atoms with van der Waals surface area (Å²) >= 11 is 0. The SMILES string of the molecule is CN(C)C(=O)N(C)C.CN(C)CC(=O)N(C)C.Cn1ccn(C)c1=O. The Morgan fingerprint density at radius 1 is 0.800 bits per heavy atom. The Balaban J connectivity index is 0. The van der Waals surface area contributed by atoms with Gasteiger partial charge in [-0.05, 0) is 14.1 Å². The predicted molar refractivity (Wildman–Crippen MR) is 101 cm³/mol.